The predicted octanol–water partition coefficient (Wildman–Crippen LogP) is 2.95. The van der Waals surface area contributed by atoms with Crippen molar-refractivity contribution >= 4 is 29.4 Å². The van der Waals surface area contributed by atoms with E-state index in [2.05, 4.69) is 0 Å². The van der Waals surface area contributed by atoms with Gasteiger partial charge in [0.25, 0.3) is 11.8 Å². The maximum absolute atomic E-state index is 12.2. The first-order valence-corrected chi connectivity index (χ1v) is 8.44. The molecule has 0 aliphatic carbocycles. The molecule has 1 aliphatic heterocycles. The van der Waals surface area contributed by atoms with Gasteiger partial charge in [0.2, 0.25) is 0 Å². The highest BCUT2D eigenvalue weighted by Crippen LogP contribution is 2.23. The van der Waals surface area contributed by atoms with Crippen LogP contribution >= 0.6 is 11.6 Å². The Hall–Kier alpha value is -2.86. The highest BCUT2D eigenvalue weighted by atomic mass is 35.5. The van der Waals surface area contributed by atoms with E-state index in [0.717, 1.165) is 0 Å². The lowest BCUT2D eigenvalue weighted by atomic mass is 10.1. The molecule has 1 heterocycles. The second-order valence-electron chi connectivity index (χ2n) is 5.60. The number of amides is 2. The number of imide groups is 1. The quantitative estimate of drug-likeness (QED) is 0.424. The molecular weight excluding hydrogens is 358 g/mol. The summed E-state index contributed by atoms with van der Waals surface area (Å²) in [5, 5.41) is 0.408. The van der Waals surface area contributed by atoms with Crippen molar-refractivity contribution in [1.82, 2.24) is 4.90 Å². The third kappa shape index (κ3) is 3.86. The third-order valence-electron chi connectivity index (χ3n) is 3.85. The molecule has 0 aromatic heterocycles. The van der Waals surface area contributed by atoms with Gasteiger partial charge in [-0.05, 0) is 30.7 Å². The summed E-state index contributed by atoms with van der Waals surface area (Å²) in [5.74, 6) is -0.789. The van der Waals surface area contributed by atoms with Gasteiger partial charge >= 0.3 is 5.97 Å². The summed E-state index contributed by atoms with van der Waals surface area (Å²) in [6.07, 6.45) is 0.350. The lowest BCUT2D eigenvalue weighted by Gasteiger charge is -2.13. The first kappa shape index (κ1) is 17.9. The smallest absolute Gasteiger partial charge is 0.344 e. The molecular formula is C19H16ClNO5. The summed E-state index contributed by atoms with van der Waals surface area (Å²) in [4.78, 5) is 37.2. The molecule has 0 radical (unpaired) electrons. The number of esters is 1. The lowest BCUT2D eigenvalue weighted by molar-refractivity contribution is -0.146. The number of halogens is 1. The third-order valence-corrected chi connectivity index (χ3v) is 4.16. The van der Waals surface area contributed by atoms with Gasteiger partial charge in [0.15, 0.2) is 6.61 Å². The van der Waals surface area contributed by atoms with Crippen LogP contribution in [0.1, 0.15) is 27.1 Å². The standard InChI is InChI=1S/C19H16ClNO5/c20-15-8-3-4-9-16(15)26-12-17(22)25-11-5-10-21-18(23)13-6-1-2-7-14(13)19(21)24/h1-4,6-9H,5,10-12H2. The van der Waals surface area contributed by atoms with Crippen LogP contribution in [0.15, 0.2) is 48.5 Å². The molecule has 0 spiro atoms. The lowest BCUT2D eigenvalue weighted by Crippen LogP contribution is -2.31. The number of rotatable bonds is 7. The minimum absolute atomic E-state index is 0.0815. The van der Waals surface area contributed by atoms with Gasteiger partial charge in [-0.15, -0.1) is 0 Å². The second-order valence-corrected chi connectivity index (χ2v) is 6.01. The Morgan fingerprint density at radius 3 is 2.23 bits per heavy atom. The van der Waals surface area contributed by atoms with Crippen molar-refractivity contribution in [3.05, 3.63) is 64.7 Å². The Morgan fingerprint density at radius 1 is 0.962 bits per heavy atom. The topological polar surface area (TPSA) is 72.9 Å². The van der Waals surface area contributed by atoms with E-state index in [1.54, 1.807) is 48.5 Å². The molecule has 134 valence electrons. The maximum Gasteiger partial charge on any atom is 0.344 e. The number of para-hydroxylation sites is 1. The van der Waals surface area contributed by atoms with Crippen molar-refractivity contribution in [3.8, 4) is 5.75 Å². The van der Waals surface area contributed by atoms with Gasteiger partial charge in [0.1, 0.15) is 5.75 Å². The van der Waals surface area contributed by atoms with Crippen molar-refractivity contribution in [2.75, 3.05) is 19.8 Å². The largest absolute Gasteiger partial charge is 0.480 e. The van der Waals surface area contributed by atoms with E-state index < -0.39 is 5.97 Å². The van der Waals surface area contributed by atoms with Gasteiger partial charge < -0.3 is 9.47 Å². The van der Waals surface area contributed by atoms with Crippen molar-refractivity contribution in [2.45, 2.75) is 6.42 Å². The van der Waals surface area contributed by atoms with Crippen molar-refractivity contribution in [2.24, 2.45) is 0 Å². The summed E-state index contributed by atoms with van der Waals surface area (Å²) in [6.45, 7) is -0.000131. The second kappa shape index (κ2) is 8.01. The van der Waals surface area contributed by atoms with E-state index in [4.69, 9.17) is 21.1 Å². The monoisotopic (exact) mass is 373 g/mol. The van der Waals surface area contributed by atoms with Crippen LogP contribution in [-0.2, 0) is 9.53 Å². The van der Waals surface area contributed by atoms with Crippen molar-refractivity contribution < 1.29 is 23.9 Å². The van der Waals surface area contributed by atoms with Gasteiger partial charge in [0.05, 0.1) is 22.8 Å². The van der Waals surface area contributed by atoms with Crippen molar-refractivity contribution in [3.63, 3.8) is 0 Å². The zero-order valence-electron chi connectivity index (χ0n) is 13.8. The van der Waals surface area contributed by atoms with Crippen LogP contribution in [0.25, 0.3) is 0 Å². The van der Waals surface area contributed by atoms with Gasteiger partial charge in [0, 0.05) is 6.54 Å². The molecule has 6 nitrogen and oxygen atoms in total. The van der Waals surface area contributed by atoms with Crippen LogP contribution in [0.2, 0.25) is 5.02 Å². The zero-order chi connectivity index (χ0) is 18.5. The van der Waals surface area contributed by atoms with Crippen LogP contribution in [0.3, 0.4) is 0 Å². The van der Waals surface area contributed by atoms with Crippen LogP contribution < -0.4 is 4.74 Å². The predicted molar refractivity (Wildman–Crippen MR) is 94.3 cm³/mol. The van der Waals surface area contributed by atoms with E-state index in [-0.39, 0.29) is 31.6 Å². The van der Waals surface area contributed by atoms with Gasteiger partial charge in [-0.3, -0.25) is 14.5 Å². The van der Waals surface area contributed by atoms with Crippen LogP contribution in [0.4, 0.5) is 0 Å². The summed E-state index contributed by atoms with van der Waals surface area (Å²) in [7, 11) is 0. The van der Waals surface area contributed by atoms with E-state index in [0.29, 0.717) is 28.3 Å². The molecule has 0 saturated carbocycles. The van der Waals surface area contributed by atoms with Gasteiger partial charge in [-0.1, -0.05) is 35.9 Å². The number of ether oxygens (including phenoxy) is 2. The Bertz CT molecular complexity index is 816. The summed E-state index contributed by atoms with van der Waals surface area (Å²) in [6, 6.07) is 13.5. The first-order valence-electron chi connectivity index (χ1n) is 8.06. The van der Waals surface area contributed by atoms with E-state index in [1.165, 1.54) is 4.90 Å². The summed E-state index contributed by atoms with van der Waals surface area (Å²) < 4.78 is 10.3. The number of carbonyl (C=O) groups excluding carboxylic acids is 3. The van der Waals surface area contributed by atoms with Gasteiger partial charge in [-0.25, -0.2) is 4.79 Å². The first-order chi connectivity index (χ1) is 12.6. The van der Waals surface area contributed by atoms with E-state index in [1.807, 2.05) is 0 Å². The fourth-order valence-electron chi connectivity index (χ4n) is 2.59. The average molecular weight is 374 g/mol. The number of benzene rings is 2. The molecule has 0 unspecified atom stereocenters. The SMILES string of the molecule is O=C(COc1ccccc1Cl)OCCCN1C(=O)c2ccccc2C1=O. The van der Waals surface area contributed by atoms with E-state index >= 15 is 0 Å². The average Bonchev–Trinajstić information content (AvgIpc) is 2.89. The number of carbonyl (C=O) groups is 3. The van der Waals surface area contributed by atoms with E-state index in [9.17, 15) is 14.4 Å². The molecule has 3 rings (SSSR count). The maximum atomic E-state index is 12.2. The normalized spacial score (nSPS) is 12.9. The molecule has 2 amide bonds. The summed E-state index contributed by atoms with van der Waals surface area (Å²) >= 11 is 5.93. The van der Waals surface area contributed by atoms with Crippen LogP contribution in [-0.4, -0.2) is 42.4 Å². The summed E-state index contributed by atoms with van der Waals surface area (Å²) in [5.41, 5.74) is 0.810. The highest BCUT2D eigenvalue weighted by Gasteiger charge is 2.34. The molecule has 7 heteroatoms. The number of hydrogen-bond donors (Lipinski definition) is 0. The molecule has 1 aliphatic rings. The molecule has 0 N–H and O–H groups in total. The fourth-order valence-corrected chi connectivity index (χ4v) is 2.78. The minimum atomic E-state index is -0.549. The molecule has 2 aromatic rings. The van der Waals surface area contributed by atoms with Gasteiger partial charge in [-0.2, -0.15) is 0 Å². The Balaban J connectivity index is 1.41. The van der Waals surface area contributed by atoms with Crippen molar-refractivity contribution in [1.29, 1.82) is 0 Å². The van der Waals surface area contributed by atoms with Crippen LogP contribution in [0, 0.1) is 0 Å². The number of nitrogens with zero attached hydrogens (tertiary/aromatic N) is 1. The molecule has 2 aromatic carbocycles. The zero-order valence-corrected chi connectivity index (χ0v) is 14.6. The minimum Gasteiger partial charge on any atom is -0.480 e. The molecule has 0 fully saturated rings. The molecule has 26 heavy (non-hydrogen) atoms. The molecule has 0 bridgehead atoms. The number of hydrogen-bond acceptors (Lipinski definition) is 5. The molecule has 0 atom stereocenters. The fraction of sp³-hybridized carbons (Fsp3) is 0.211. The molecule has 0 saturated heterocycles. The Kier molecular flexibility index (Phi) is 5.53. The highest BCUT2D eigenvalue weighted by molar-refractivity contribution is 6.32. The Morgan fingerprint density at radius 2 is 1.58 bits per heavy atom. The Labute approximate surface area is 155 Å². The number of fused-ring (bicyclic) bond motifs is 1. The van der Waals surface area contributed by atoms with Crippen LogP contribution in [0.5, 0.6) is 5.75 Å².